The Kier molecular flexibility index (Phi) is 5.51. The Hall–Kier alpha value is -0.900. The normalized spacial score (nSPS) is 30.7. The third kappa shape index (κ3) is 3.84. The van der Waals surface area contributed by atoms with Gasteiger partial charge in [0, 0.05) is 37.6 Å². The van der Waals surface area contributed by atoms with Crippen LogP contribution in [-0.2, 0) is 11.3 Å². The van der Waals surface area contributed by atoms with E-state index in [2.05, 4.69) is 40.1 Å². The Labute approximate surface area is 147 Å². The highest BCUT2D eigenvalue weighted by Gasteiger charge is 2.37. The molecule has 2 atom stereocenters. The number of rotatable bonds is 3. The molecule has 2 aliphatic heterocycles. The van der Waals surface area contributed by atoms with Crippen molar-refractivity contribution in [1.29, 1.82) is 0 Å². The molecule has 3 aliphatic rings. The van der Waals surface area contributed by atoms with E-state index in [1.54, 1.807) is 0 Å². The van der Waals surface area contributed by atoms with Gasteiger partial charge in [-0.2, -0.15) is 0 Å². The zero-order valence-corrected chi connectivity index (χ0v) is 14.9. The molecule has 2 saturated heterocycles. The van der Waals surface area contributed by atoms with Crippen LogP contribution in [0.25, 0.3) is 0 Å². The maximum atomic E-state index is 6.00. The van der Waals surface area contributed by atoms with Gasteiger partial charge in [-0.05, 0) is 31.4 Å². The van der Waals surface area contributed by atoms with E-state index >= 15 is 0 Å². The van der Waals surface area contributed by atoms with Gasteiger partial charge in [-0.3, -0.25) is 9.80 Å². The Morgan fingerprint density at radius 2 is 1.79 bits per heavy atom. The second kappa shape index (κ2) is 7.99. The van der Waals surface area contributed by atoms with Crippen LogP contribution in [0.2, 0.25) is 0 Å². The summed E-state index contributed by atoms with van der Waals surface area (Å²) in [5.41, 5.74) is 1.44. The summed E-state index contributed by atoms with van der Waals surface area (Å²) in [6.07, 6.45) is 8.48. The van der Waals surface area contributed by atoms with Crippen LogP contribution in [0.1, 0.15) is 44.1 Å². The van der Waals surface area contributed by atoms with E-state index in [9.17, 15) is 0 Å². The smallest absolute Gasteiger partial charge is 0.0593 e. The van der Waals surface area contributed by atoms with Gasteiger partial charge >= 0.3 is 0 Å². The highest BCUT2D eigenvalue weighted by atomic mass is 16.5. The van der Waals surface area contributed by atoms with E-state index in [0.29, 0.717) is 12.0 Å². The second-order valence-electron chi connectivity index (χ2n) is 7.93. The predicted molar refractivity (Wildman–Crippen MR) is 98.0 cm³/mol. The summed E-state index contributed by atoms with van der Waals surface area (Å²) >= 11 is 0. The van der Waals surface area contributed by atoms with Gasteiger partial charge < -0.3 is 4.74 Å². The first kappa shape index (κ1) is 16.6. The first-order chi connectivity index (χ1) is 11.9. The highest BCUT2D eigenvalue weighted by Crippen LogP contribution is 2.31. The van der Waals surface area contributed by atoms with Crippen LogP contribution in [0.15, 0.2) is 30.3 Å². The minimum atomic E-state index is 0.687. The highest BCUT2D eigenvalue weighted by molar-refractivity contribution is 5.14. The zero-order chi connectivity index (χ0) is 16.2. The van der Waals surface area contributed by atoms with Crippen molar-refractivity contribution in [2.75, 3.05) is 32.8 Å². The summed E-state index contributed by atoms with van der Waals surface area (Å²) in [6.45, 7) is 6.55. The molecule has 3 fully saturated rings. The van der Waals surface area contributed by atoms with Crippen molar-refractivity contribution in [2.45, 2.75) is 57.2 Å². The van der Waals surface area contributed by atoms with Gasteiger partial charge in [0.1, 0.15) is 0 Å². The standard InChI is InChI=1S/C21H32N2O/c1-3-7-18(8-4-1)15-23-13-14-24-17-19-16-22(12-11-21(19)23)20-9-5-2-6-10-20/h1,3-4,7-8,19-21H,2,5-6,9-17H2/t19-,21-/m1/s1. The second-order valence-corrected chi connectivity index (χ2v) is 7.93. The van der Waals surface area contributed by atoms with E-state index in [-0.39, 0.29) is 0 Å². The van der Waals surface area contributed by atoms with Crippen LogP contribution in [0.5, 0.6) is 0 Å². The average molecular weight is 329 g/mol. The number of hydrogen-bond acceptors (Lipinski definition) is 3. The van der Waals surface area contributed by atoms with Crippen molar-refractivity contribution in [3.63, 3.8) is 0 Å². The van der Waals surface area contributed by atoms with Crippen molar-refractivity contribution >= 4 is 0 Å². The number of piperidine rings is 1. The molecule has 0 aromatic heterocycles. The molecule has 1 saturated carbocycles. The third-order valence-electron chi connectivity index (χ3n) is 6.37. The molecule has 0 radical (unpaired) electrons. The molecule has 0 bridgehead atoms. The summed E-state index contributed by atoms with van der Waals surface area (Å²) in [6, 6.07) is 12.5. The molecular weight excluding hydrogens is 296 g/mol. The van der Waals surface area contributed by atoms with Crippen LogP contribution in [0.3, 0.4) is 0 Å². The van der Waals surface area contributed by atoms with Gasteiger partial charge in [0.25, 0.3) is 0 Å². The maximum absolute atomic E-state index is 6.00. The van der Waals surface area contributed by atoms with Gasteiger partial charge in [0.2, 0.25) is 0 Å². The Morgan fingerprint density at radius 1 is 0.958 bits per heavy atom. The molecule has 0 unspecified atom stereocenters. The van der Waals surface area contributed by atoms with Crippen LogP contribution in [0, 0.1) is 5.92 Å². The van der Waals surface area contributed by atoms with E-state index in [1.165, 1.54) is 57.2 Å². The molecule has 1 aromatic carbocycles. The van der Waals surface area contributed by atoms with Gasteiger partial charge in [0.15, 0.2) is 0 Å². The number of ether oxygens (including phenoxy) is 1. The molecule has 132 valence electrons. The summed E-state index contributed by atoms with van der Waals surface area (Å²) < 4.78 is 6.00. The number of benzene rings is 1. The fourth-order valence-electron chi connectivity index (χ4n) is 5.07. The largest absolute Gasteiger partial charge is 0.380 e. The van der Waals surface area contributed by atoms with Crippen molar-refractivity contribution in [2.24, 2.45) is 5.92 Å². The average Bonchev–Trinajstić information content (AvgIpc) is 2.85. The van der Waals surface area contributed by atoms with E-state index in [1.807, 2.05) is 0 Å². The quantitative estimate of drug-likeness (QED) is 0.844. The lowest BCUT2D eigenvalue weighted by Crippen LogP contribution is -2.54. The molecule has 24 heavy (non-hydrogen) atoms. The molecule has 1 aromatic rings. The van der Waals surface area contributed by atoms with E-state index in [0.717, 1.165) is 32.3 Å². The fraction of sp³-hybridized carbons (Fsp3) is 0.714. The number of hydrogen-bond donors (Lipinski definition) is 0. The lowest BCUT2D eigenvalue weighted by atomic mass is 9.87. The molecule has 4 rings (SSSR count). The van der Waals surface area contributed by atoms with Gasteiger partial charge in [-0.15, -0.1) is 0 Å². The van der Waals surface area contributed by atoms with Crippen LogP contribution in [0.4, 0.5) is 0 Å². The summed E-state index contributed by atoms with van der Waals surface area (Å²) in [7, 11) is 0. The van der Waals surface area contributed by atoms with E-state index < -0.39 is 0 Å². The molecule has 0 N–H and O–H groups in total. The maximum Gasteiger partial charge on any atom is 0.0593 e. The Bertz CT molecular complexity index is 500. The Morgan fingerprint density at radius 3 is 2.62 bits per heavy atom. The van der Waals surface area contributed by atoms with Gasteiger partial charge in [0.05, 0.1) is 13.2 Å². The Balaban J connectivity index is 1.42. The molecule has 3 heteroatoms. The van der Waals surface area contributed by atoms with Crippen LogP contribution in [-0.4, -0.2) is 54.7 Å². The van der Waals surface area contributed by atoms with Crippen molar-refractivity contribution in [3.8, 4) is 0 Å². The molecule has 3 nitrogen and oxygen atoms in total. The number of fused-ring (bicyclic) bond motifs is 1. The number of likely N-dealkylation sites (tertiary alicyclic amines) is 1. The fourth-order valence-corrected chi connectivity index (χ4v) is 5.07. The molecule has 2 heterocycles. The molecule has 0 spiro atoms. The van der Waals surface area contributed by atoms with Crippen molar-refractivity contribution in [3.05, 3.63) is 35.9 Å². The lowest BCUT2D eigenvalue weighted by molar-refractivity contribution is 0.0196. The topological polar surface area (TPSA) is 15.7 Å². The monoisotopic (exact) mass is 328 g/mol. The zero-order valence-electron chi connectivity index (χ0n) is 14.9. The summed E-state index contributed by atoms with van der Waals surface area (Å²) in [5, 5.41) is 0. The van der Waals surface area contributed by atoms with Crippen molar-refractivity contribution in [1.82, 2.24) is 9.80 Å². The first-order valence-electron chi connectivity index (χ1n) is 10.00. The van der Waals surface area contributed by atoms with Gasteiger partial charge in [-0.1, -0.05) is 49.6 Å². The lowest BCUT2D eigenvalue weighted by Gasteiger charge is -2.45. The van der Waals surface area contributed by atoms with Crippen LogP contribution >= 0.6 is 0 Å². The SMILES string of the molecule is c1ccc(CN2CCOC[C@H]3CN(C4CCCCC4)CC[C@H]32)cc1. The first-order valence-corrected chi connectivity index (χ1v) is 10.00. The van der Waals surface area contributed by atoms with Crippen molar-refractivity contribution < 1.29 is 4.74 Å². The minimum absolute atomic E-state index is 0.687. The third-order valence-corrected chi connectivity index (χ3v) is 6.37. The minimum Gasteiger partial charge on any atom is -0.380 e. The van der Waals surface area contributed by atoms with E-state index in [4.69, 9.17) is 4.74 Å². The van der Waals surface area contributed by atoms with Crippen LogP contribution < -0.4 is 0 Å². The number of nitrogens with zero attached hydrogens (tertiary/aromatic N) is 2. The molecular formula is C21H32N2O. The summed E-state index contributed by atoms with van der Waals surface area (Å²) in [4.78, 5) is 5.50. The predicted octanol–water partition coefficient (Wildman–Crippen LogP) is 3.54. The molecule has 0 amide bonds. The molecule has 1 aliphatic carbocycles. The van der Waals surface area contributed by atoms with Gasteiger partial charge in [-0.25, -0.2) is 0 Å². The summed E-state index contributed by atoms with van der Waals surface area (Å²) in [5.74, 6) is 0.687.